The predicted molar refractivity (Wildman–Crippen MR) is 84.1 cm³/mol. The number of hydrogen-bond donors (Lipinski definition) is 1. The van der Waals surface area contributed by atoms with Crippen molar-refractivity contribution in [2.24, 2.45) is 0 Å². The third-order valence-electron chi connectivity index (χ3n) is 3.16. The van der Waals surface area contributed by atoms with E-state index >= 15 is 0 Å². The van der Waals surface area contributed by atoms with Crippen molar-refractivity contribution in [3.05, 3.63) is 34.5 Å². The Morgan fingerprint density at radius 3 is 2.48 bits per heavy atom. The van der Waals surface area contributed by atoms with E-state index in [2.05, 4.69) is 22.0 Å². The van der Waals surface area contributed by atoms with Gasteiger partial charge in [0.1, 0.15) is 0 Å². The summed E-state index contributed by atoms with van der Waals surface area (Å²) >= 11 is 1.56. The zero-order valence-electron chi connectivity index (χ0n) is 12.2. The van der Waals surface area contributed by atoms with Gasteiger partial charge in [0.05, 0.1) is 10.6 Å². The van der Waals surface area contributed by atoms with Gasteiger partial charge in [-0.1, -0.05) is 12.1 Å². The minimum absolute atomic E-state index is 0.463. The largest absolute Gasteiger partial charge is 0.390 e. The summed E-state index contributed by atoms with van der Waals surface area (Å²) in [6.45, 7) is 5.99. The third kappa shape index (κ3) is 2.67. The Balaban J connectivity index is 2.01. The summed E-state index contributed by atoms with van der Waals surface area (Å²) in [4.78, 5) is 10.0. The van der Waals surface area contributed by atoms with Crippen molar-refractivity contribution in [3.8, 4) is 22.8 Å². The molecule has 0 saturated heterocycles. The van der Waals surface area contributed by atoms with Crippen molar-refractivity contribution < 1.29 is 4.52 Å². The molecule has 0 unspecified atom stereocenters. The summed E-state index contributed by atoms with van der Waals surface area (Å²) in [6, 6.07) is 5.90. The van der Waals surface area contributed by atoms with E-state index in [-0.39, 0.29) is 0 Å². The maximum absolute atomic E-state index is 6.03. The van der Waals surface area contributed by atoms with Crippen LogP contribution < -0.4 is 5.73 Å². The van der Waals surface area contributed by atoms with Crippen molar-refractivity contribution in [3.63, 3.8) is 0 Å². The molecule has 3 rings (SSSR count). The van der Waals surface area contributed by atoms with Crippen molar-refractivity contribution in [1.29, 1.82) is 0 Å². The molecule has 21 heavy (non-hydrogen) atoms. The van der Waals surface area contributed by atoms with Gasteiger partial charge in [-0.3, -0.25) is 4.98 Å². The van der Waals surface area contributed by atoms with Gasteiger partial charge < -0.3 is 10.3 Å². The summed E-state index contributed by atoms with van der Waals surface area (Å²) in [6.07, 6.45) is 0.943. The van der Waals surface area contributed by atoms with Gasteiger partial charge in [0.2, 0.25) is 5.82 Å². The monoisotopic (exact) mass is 300 g/mol. The van der Waals surface area contributed by atoms with E-state index < -0.39 is 0 Å². The Morgan fingerprint density at radius 1 is 1.14 bits per heavy atom. The van der Waals surface area contributed by atoms with Crippen LogP contribution in [-0.4, -0.2) is 15.1 Å². The van der Waals surface area contributed by atoms with Crippen LogP contribution in [0.3, 0.4) is 0 Å². The summed E-state index contributed by atoms with van der Waals surface area (Å²) in [5, 5.41) is 4.77. The number of nitrogens with zero attached hydrogens (tertiary/aromatic N) is 3. The van der Waals surface area contributed by atoms with Crippen LogP contribution in [0, 0.1) is 13.8 Å². The lowest BCUT2D eigenvalue weighted by Gasteiger charge is -1.98. The quantitative estimate of drug-likeness (QED) is 0.799. The highest BCUT2D eigenvalue weighted by Gasteiger charge is 2.16. The highest BCUT2D eigenvalue weighted by Crippen LogP contribution is 2.34. The lowest BCUT2D eigenvalue weighted by Crippen LogP contribution is -1.89. The average molecular weight is 300 g/mol. The smallest absolute Gasteiger partial charge is 0.261 e. The molecule has 0 aliphatic heterocycles. The van der Waals surface area contributed by atoms with Gasteiger partial charge in [-0.15, -0.1) is 11.3 Å². The van der Waals surface area contributed by atoms with Crippen LogP contribution in [0.1, 0.15) is 23.2 Å². The minimum atomic E-state index is 0.463. The molecule has 0 radical (unpaired) electrons. The maximum Gasteiger partial charge on any atom is 0.261 e. The summed E-state index contributed by atoms with van der Waals surface area (Å²) < 4.78 is 5.37. The van der Waals surface area contributed by atoms with Gasteiger partial charge in [0.15, 0.2) is 0 Å². The standard InChI is InChI=1S/C15H16N4OS/c1-4-11-7-12(13(16)21-11)15-18-14(19-20-15)10-5-8(2)17-9(3)6-10/h5-7H,4,16H2,1-3H3. The molecule has 3 aromatic heterocycles. The van der Waals surface area contributed by atoms with Crippen LogP contribution in [0.5, 0.6) is 0 Å². The topological polar surface area (TPSA) is 77.8 Å². The molecule has 3 aromatic rings. The van der Waals surface area contributed by atoms with E-state index in [0.29, 0.717) is 16.7 Å². The van der Waals surface area contributed by atoms with E-state index in [4.69, 9.17) is 10.3 Å². The SMILES string of the molecule is CCc1cc(-c2nc(-c3cc(C)nc(C)c3)no2)c(N)s1. The van der Waals surface area contributed by atoms with Gasteiger partial charge in [0, 0.05) is 21.8 Å². The number of nitrogens with two attached hydrogens (primary N) is 1. The Bertz CT molecular complexity index is 771. The lowest BCUT2D eigenvalue weighted by molar-refractivity contribution is 0.432. The lowest BCUT2D eigenvalue weighted by atomic mass is 10.2. The Morgan fingerprint density at radius 2 is 1.86 bits per heavy atom. The van der Waals surface area contributed by atoms with E-state index in [0.717, 1.165) is 28.9 Å². The molecule has 5 nitrogen and oxygen atoms in total. The summed E-state index contributed by atoms with van der Waals surface area (Å²) in [5.41, 5.74) is 9.61. The minimum Gasteiger partial charge on any atom is -0.390 e. The van der Waals surface area contributed by atoms with E-state index in [1.807, 2.05) is 32.0 Å². The number of pyridine rings is 1. The van der Waals surface area contributed by atoms with Crippen LogP contribution in [-0.2, 0) is 6.42 Å². The molecule has 0 aromatic carbocycles. The number of aromatic nitrogens is 3. The molecule has 2 N–H and O–H groups in total. The first-order valence-corrected chi connectivity index (χ1v) is 7.56. The number of anilines is 1. The van der Waals surface area contributed by atoms with Gasteiger partial charge in [0.25, 0.3) is 5.89 Å². The van der Waals surface area contributed by atoms with Crippen LogP contribution >= 0.6 is 11.3 Å². The fourth-order valence-electron chi connectivity index (χ4n) is 2.21. The highest BCUT2D eigenvalue weighted by molar-refractivity contribution is 7.16. The van der Waals surface area contributed by atoms with E-state index in [1.54, 1.807) is 11.3 Å². The van der Waals surface area contributed by atoms with Crippen LogP contribution in [0.4, 0.5) is 5.00 Å². The summed E-state index contributed by atoms with van der Waals surface area (Å²) in [5.74, 6) is 1.02. The third-order valence-corrected chi connectivity index (χ3v) is 4.26. The first kappa shape index (κ1) is 13.8. The van der Waals surface area contributed by atoms with Gasteiger partial charge in [-0.2, -0.15) is 4.98 Å². The van der Waals surface area contributed by atoms with Crippen LogP contribution in [0.15, 0.2) is 22.7 Å². The van der Waals surface area contributed by atoms with Crippen molar-refractivity contribution in [2.75, 3.05) is 5.73 Å². The average Bonchev–Trinajstić information content (AvgIpc) is 3.03. The van der Waals surface area contributed by atoms with E-state index in [9.17, 15) is 0 Å². The molecule has 3 heterocycles. The van der Waals surface area contributed by atoms with Crippen molar-refractivity contribution in [2.45, 2.75) is 27.2 Å². The predicted octanol–water partition coefficient (Wildman–Crippen LogP) is 3.62. The highest BCUT2D eigenvalue weighted by atomic mass is 32.1. The molecular weight excluding hydrogens is 284 g/mol. The fraction of sp³-hybridized carbons (Fsp3) is 0.267. The fourth-order valence-corrected chi connectivity index (χ4v) is 3.07. The Labute approximate surface area is 126 Å². The molecule has 108 valence electrons. The molecule has 0 atom stereocenters. The molecular formula is C15H16N4OS. The number of aryl methyl sites for hydroxylation is 3. The molecule has 0 amide bonds. The number of thiophene rings is 1. The normalized spacial score (nSPS) is 11.0. The number of nitrogen functional groups attached to an aromatic ring is 1. The van der Waals surface area contributed by atoms with Crippen LogP contribution in [0.25, 0.3) is 22.8 Å². The second-order valence-electron chi connectivity index (χ2n) is 4.91. The second kappa shape index (κ2) is 5.29. The first-order chi connectivity index (χ1) is 10.1. The molecule has 0 fully saturated rings. The zero-order valence-corrected chi connectivity index (χ0v) is 13.0. The van der Waals surface area contributed by atoms with Gasteiger partial charge in [-0.25, -0.2) is 0 Å². The first-order valence-electron chi connectivity index (χ1n) is 6.74. The molecule has 0 spiro atoms. The van der Waals surface area contributed by atoms with Gasteiger partial charge >= 0.3 is 0 Å². The zero-order chi connectivity index (χ0) is 15.0. The van der Waals surface area contributed by atoms with Crippen LogP contribution in [0.2, 0.25) is 0 Å². The molecule has 0 saturated carbocycles. The molecule has 0 aliphatic carbocycles. The van der Waals surface area contributed by atoms with Crippen molar-refractivity contribution in [1.82, 2.24) is 15.1 Å². The maximum atomic E-state index is 6.03. The second-order valence-corrected chi connectivity index (χ2v) is 6.07. The van der Waals surface area contributed by atoms with Gasteiger partial charge in [-0.05, 0) is 38.5 Å². The summed E-state index contributed by atoms with van der Waals surface area (Å²) in [7, 11) is 0. The molecule has 0 bridgehead atoms. The van der Waals surface area contributed by atoms with E-state index in [1.165, 1.54) is 4.88 Å². The number of rotatable bonds is 3. The molecule has 0 aliphatic rings. The number of hydrogen-bond acceptors (Lipinski definition) is 6. The Kier molecular flexibility index (Phi) is 3.47. The van der Waals surface area contributed by atoms with Crippen molar-refractivity contribution >= 4 is 16.3 Å². The Hall–Kier alpha value is -2.21. The molecule has 6 heteroatoms.